The number of rotatable bonds is 2. The van der Waals surface area contributed by atoms with Crippen LogP contribution < -0.4 is 0 Å². The van der Waals surface area contributed by atoms with Crippen molar-refractivity contribution in [2.75, 3.05) is 6.54 Å². The van der Waals surface area contributed by atoms with Gasteiger partial charge in [-0.25, -0.2) is 4.39 Å². The van der Waals surface area contributed by atoms with Gasteiger partial charge in [0.15, 0.2) is 0 Å². The second-order valence-corrected chi connectivity index (χ2v) is 7.32. The van der Waals surface area contributed by atoms with Crippen molar-refractivity contribution >= 4 is 17.2 Å². The fraction of sp³-hybridized carbons (Fsp3) is 0.190. The third kappa shape index (κ3) is 2.87. The van der Waals surface area contributed by atoms with E-state index in [-0.39, 0.29) is 17.8 Å². The molecule has 0 bridgehead atoms. The Hall–Kier alpha value is -2.46. The number of carbonyl (C=O) groups excluding carboxylic acids is 1. The van der Waals surface area contributed by atoms with Crippen LogP contribution in [-0.4, -0.2) is 17.4 Å². The van der Waals surface area contributed by atoms with Crippen LogP contribution in [0.25, 0.3) is 0 Å². The second kappa shape index (κ2) is 6.45. The van der Waals surface area contributed by atoms with Crippen LogP contribution in [0.15, 0.2) is 60.0 Å². The Morgan fingerprint density at radius 3 is 2.64 bits per heavy atom. The van der Waals surface area contributed by atoms with Crippen LogP contribution in [0.5, 0.6) is 0 Å². The summed E-state index contributed by atoms with van der Waals surface area (Å²) in [6.07, 6.45) is 0.863. The first-order valence-electron chi connectivity index (χ1n) is 8.33. The molecule has 2 nitrogen and oxygen atoms in total. The van der Waals surface area contributed by atoms with Gasteiger partial charge in [-0.3, -0.25) is 4.79 Å². The predicted octanol–water partition coefficient (Wildman–Crippen LogP) is 4.98. The van der Waals surface area contributed by atoms with Crippen molar-refractivity contribution in [3.8, 4) is 0 Å². The van der Waals surface area contributed by atoms with Crippen molar-refractivity contribution in [3.05, 3.63) is 92.9 Å². The fourth-order valence-corrected chi connectivity index (χ4v) is 4.41. The lowest BCUT2D eigenvalue weighted by Crippen LogP contribution is -2.40. The number of hydrogen-bond donors (Lipinski definition) is 0. The van der Waals surface area contributed by atoms with Crippen molar-refractivity contribution in [3.63, 3.8) is 0 Å². The monoisotopic (exact) mass is 351 g/mol. The van der Waals surface area contributed by atoms with Gasteiger partial charge in [-0.1, -0.05) is 30.3 Å². The van der Waals surface area contributed by atoms with Gasteiger partial charge in [0, 0.05) is 17.0 Å². The number of fused-ring (bicyclic) bond motifs is 1. The molecule has 2 aromatic carbocycles. The molecule has 0 saturated carbocycles. The van der Waals surface area contributed by atoms with E-state index in [9.17, 15) is 9.18 Å². The van der Waals surface area contributed by atoms with Crippen LogP contribution in [0.1, 0.15) is 38.0 Å². The van der Waals surface area contributed by atoms with Crippen LogP contribution >= 0.6 is 11.3 Å². The number of nitrogens with zero attached hydrogens (tertiary/aromatic N) is 1. The number of aryl methyl sites for hydroxylation is 1. The highest BCUT2D eigenvalue weighted by Crippen LogP contribution is 2.38. The third-order valence-electron chi connectivity index (χ3n) is 4.79. The number of amides is 1. The molecule has 1 aromatic heterocycles. The van der Waals surface area contributed by atoms with Gasteiger partial charge >= 0.3 is 0 Å². The SMILES string of the molecule is Cc1ccccc1C(=O)N1CCc2sccc2[C@H]1c1ccc(F)cc1. The predicted molar refractivity (Wildman–Crippen MR) is 98.5 cm³/mol. The number of benzene rings is 2. The molecule has 0 radical (unpaired) electrons. The normalized spacial score (nSPS) is 16.6. The first kappa shape index (κ1) is 16.0. The van der Waals surface area contributed by atoms with E-state index in [1.165, 1.54) is 17.0 Å². The summed E-state index contributed by atoms with van der Waals surface area (Å²) >= 11 is 1.73. The minimum Gasteiger partial charge on any atom is -0.327 e. The molecule has 3 aromatic rings. The minimum atomic E-state index is -0.262. The van der Waals surface area contributed by atoms with Gasteiger partial charge in [-0.15, -0.1) is 11.3 Å². The summed E-state index contributed by atoms with van der Waals surface area (Å²) in [5, 5.41) is 2.07. The average molecular weight is 351 g/mol. The zero-order chi connectivity index (χ0) is 17.4. The smallest absolute Gasteiger partial charge is 0.254 e. The van der Waals surface area contributed by atoms with Crippen molar-refractivity contribution in [2.45, 2.75) is 19.4 Å². The fourth-order valence-electron chi connectivity index (χ4n) is 3.51. The van der Waals surface area contributed by atoms with E-state index >= 15 is 0 Å². The van der Waals surface area contributed by atoms with Gasteiger partial charge in [-0.05, 0) is 59.7 Å². The molecular weight excluding hydrogens is 333 g/mol. The maximum absolute atomic E-state index is 13.4. The van der Waals surface area contributed by atoms with Gasteiger partial charge in [0.25, 0.3) is 5.91 Å². The van der Waals surface area contributed by atoms with Gasteiger partial charge in [0.05, 0.1) is 6.04 Å². The van der Waals surface area contributed by atoms with Crippen LogP contribution in [0, 0.1) is 12.7 Å². The van der Waals surface area contributed by atoms with Crippen molar-refractivity contribution < 1.29 is 9.18 Å². The van der Waals surface area contributed by atoms with E-state index in [1.54, 1.807) is 23.5 Å². The third-order valence-corrected chi connectivity index (χ3v) is 5.78. The van der Waals surface area contributed by atoms with Crippen LogP contribution in [0.4, 0.5) is 4.39 Å². The molecule has 25 heavy (non-hydrogen) atoms. The van der Waals surface area contributed by atoms with E-state index in [0.717, 1.165) is 28.7 Å². The maximum Gasteiger partial charge on any atom is 0.254 e. The molecule has 126 valence electrons. The molecular formula is C21H18FNOS. The molecule has 0 fully saturated rings. The lowest BCUT2D eigenvalue weighted by atomic mass is 9.92. The summed E-state index contributed by atoms with van der Waals surface area (Å²) in [6, 6.07) is 16.1. The topological polar surface area (TPSA) is 20.3 Å². The van der Waals surface area contributed by atoms with Crippen LogP contribution in [0.3, 0.4) is 0 Å². The molecule has 0 aliphatic carbocycles. The summed E-state index contributed by atoms with van der Waals surface area (Å²) in [7, 11) is 0. The Morgan fingerprint density at radius 2 is 1.88 bits per heavy atom. The molecule has 0 saturated heterocycles. The highest BCUT2D eigenvalue weighted by Gasteiger charge is 2.33. The summed E-state index contributed by atoms with van der Waals surface area (Å²) < 4.78 is 13.4. The number of thiophene rings is 1. The summed E-state index contributed by atoms with van der Waals surface area (Å²) in [4.78, 5) is 16.5. The Balaban J connectivity index is 1.79. The minimum absolute atomic E-state index is 0.0317. The van der Waals surface area contributed by atoms with Gasteiger partial charge in [0.2, 0.25) is 0 Å². The quantitative estimate of drug-likeness (QED) is 0.637. The number of carbonyl (C=O) groups is 1. The largest absolute Gasteiger partial charge is 0.327 e. The molecule has 1 atom stereocenters. The van der Waals surface area contributed by atoms with Gasteiger partial charge in [-0.2, -0.15) is 0 Å². The average Bonchev–Trinajstić information content (AvgIpc) is 3.10. The van der Waals surface area contributed by atoms with E-state index in [0.29, 0.717) is 6.54 Å². The Morgan fingerprint density at radius 1 is 1.12 bits per heavy atom. The molecule has 0 N–H and O–H groups in total. The van der Waals surface area contributed by atoms with E-state index in [4.69, 9.17) is 0 Å². The Bertz CT molecular complexity index is 916. The molecule has 1 amide bonds. The first-order valence-corrected chi connectivity index (χ1v) is 9.21. The first-order chi connectivity index (χ1) is 12.1. The van der Waals surface area contributed by atoms with Crippen LogP contribution in [-0.2, 0) is 6.42 Å². The Labute approximate surface area is 150 Å². The second-order valence-electron chi connectivity index (χ2n) is 6.32. The van der Waals surface area contributed by atoms with Crippen molar-refractivity contribution in [1.82, 2.24) is 4.90 Å². The maximum atomic E-state index is 13.4. The Kier molecular flexibility index (Phi) is 4.14. The zero-order valence-corrected chi connectivity index (χ0v) is 14.7. The summed E-state index contributed by atoms with van der Waals surface area (Å²) in [6.45, 7) is 2.63. The molecule has 2 heterocycles. The summed E-state index contributed by atoms with van der Waals surface area (Å²) in [5.74, 6) is -0.230. The van der Waals surface area contributed by atoms with E-state index < -0.39 is 0 Å². The number of halogens is 1. The van der Waals surface area contributed by atoms with Gasteiger partial charge in [0.1, 0.15) is 5.82 Å². The zero-order valence-electron chi connectivity index (χ0n) is 13.9. The highest BCUT2D eigenvalue weighted by atomic mass is 32.1. The molecule has 1 aliphatic rings. The lowest BCUT2D eigenvalue weighted by molar-refractivity contribution is 0.0695. The lowest BCUT2D eigenvalue weighted by Gasteiger charge is -2.36. The highest BCUT2D eigenvalue weighted by molar-refractivity contribution is 7.10. The molecule has 4 heteroatoms. The van der Waals surface area contributed by atoms with Crippen LogP contribution in [0.2, 0.25) is 0 Å². The van der Waals surface area contributed by atoms with Gasteiger partial charge < -0.3 is 4.90 Å². The molecule has 4 rings (SSSR count). The molecule has 0 spiro atoms. The standard InChI is InChI=1S/C21H18FNOS/c1-14-4-2-3-5-17(14)21(24)23-12-10-19-18(11-13-25-19)20(23)15-6-8-16(22)9-7-15/h2-9,11,13,20H,10,12H2,1H3/t20-/m1/s1. The van der Waals surface area contributed by atoms with Crippen molar-refractivity contribution in [1.29, 1.82) is 0 Å². The van der Waals surface area contributed by atoms with E-state index in [2.05, 4.69) is 11.4 Å². The summed E-state index contributed by atoms with van der Waals surface area (Å²) in [5.41, 5.74) is 3.81. The van der Waals surface area contributed by atoms with Crippen molar-refractivity contribution in [2.24, 2.45) is 0 Å². The van der Waals surface area contributed by atoms with E-state index in [1.807, 2.05) is 36.1 Å². The molecule has 1 aliphatic heterocycles. The number of hydrogen-bond acceptors (Lipinski definition) is 2. The molecule has 0 unspecified atom stereocenters.